The van der Waals surface area contributed by atoms with Crippen LogP contribution in [0, 0.1) is 6.92 Å². The number of nitrogens with zero attached hydrogens (tertiary/aromatic N) is 2. The molecule has 2 aromatic rings. The highest BCUT2D eigenvalue weighted by Crippen LogP contribution is 2.26. The van der Waals surface area contributed by atoms with Crippen molar-refractivity contribution in [2.24, 2.45) is 12.0 Å². The van der Waals surface area contributed by atoms with Gasteiger partial charge in [-0.05, 0) is 37.3 Å². The van der Waals surface area contributed by atoms with Gasteiger partial charge in [0.1, 0.15) is 0 Å². The molecule has 0 radical (unpaired) electrons. The standard InChI is InChI=1S/C14H13ClN2O2/c1-9-3-5-11(17(9)2)8-16-13-7-10(14(18)19)4-6-12(13)15/h3-8H,1-2H3,(H,18,19). The van der Waals surface area contributed by atoms with E-state index in [9.17, 15) is 4.79 Å². The van der Waals surface area contributed by atoms with Crippen molar-refractivity contribution in [3.63, 3.8) is 0 Å². The summed E-state index contributed by atoms with van der Waals surface area (Å²) in [6, 6.07) is 8.37. The largest absolute Gasteiger partial charge is 0.478 e. The van der Waals surface area contributed by atoms with Gasteiger partial charge in [0.25, 0.3) is 0 Å². The average Bonchev–Trinajstić information content (AvgIpc) is 2.69. The molecular formula is C14H13ClN2O2. The topological polar surface area (TPSA) is 54.6 Å². The molecule has 0 aliphatic carbocycles. The lowest BCUT2D eigenvalue weighted by atomic mass is 10.2. The van der Waals surface area contributed by atoms with Crippen LogP contribution in [-0.4, -0.2) is 21.9 Å². The Morgan fingerprint density at radius 3 is 2.68 bits per heavy atom. The molecule has 1 aromatic heterocycles. The highest BCUT2D eigenvalue weighted by molar-refractivity contribution is 6.33. The van der Waals surface area contributed by atoms with Crippen molar-refractivity contribution in [3.8, 4) is 0 Å². The molecule has 5 heteroatoms. The minimum atomic E-state index is -0.997. The third-order valence-electron chi connectivity index (χ3n) is 2.94. The predicted octanol–water partition coefficient (Wildman–Crippen LogP) is 3.44. The number of benzene rings is 1. The fraction of sp³-hybridized carbons (Fsp3) is 0.143. The normalized spacial score (nSPS) is 11.1. The number of carboxylic acid groups (broad SMARTS) is 1. The molecule has 98 valence electrons. The van der Waals surface area contributed by atoms with Gasteiger partial charge in [0.05, 0.1) is 28.2 Å². The molecule has 0 unspecified atom stereocenters. The monoisotopic (exact) mass is 276 g/mol. The van der Waals surface area contributed by atoms with Crippen LogP contribution in [0.5, 0.6) is 0 Å². The zero-order valence-corrected chi connectivity index (χ0v) is 11.3. The molecule has 1 heterocycles. The zero-order chi connectivity index (χ0) is 14.0. The Balaban J connectivity index is 2.35. The Bertz CT molecular complexity index is 659. The summed E-state index contributed by atoms with van der Waals surface area (Å²) in [7, 11) is 1.94. The number of aliphatic imine (C=N–C) groups is 1. The zero-order valence-electron chi connectivity index (χ0n) is 10.6. The van der Waals surface area contributed by atoms with E-state index in [1.165, 1.54) is 18.2 Å². The minimum Gasteiger partial charge on any atom is -0.478 e. The van der Waals surface area contributed by atoms with E-state index in [-0.39, 0.29) is 5.56 Å². The van der Waals surface area contributed by atoms with E-state index < -0.39 is 5.97 Å². The summed E-state index contributed by atoms with van der Waals surface area (Å²) in [5, 5.41) is 9.36. The van der Waals surface area contributed by atoms with E-state index in [4.69, 9.17) is 16.7 Å². The van der Waals surface area contributed by atoms with E-state index in [2.05, 4.69) is 4.99 Å². The Morgan fingerprint density at radius 1 is 1.37 bits per heavy atom. The van der Waals surface area contributed by atoms with Crippen molar-refractivity contribution in [3.05, 3.63) is 52.3 Å². The number of aromatic nitrogens is 1. The van der Waals surface area contributed by atoms with Crippen LogP contribution in [0.4, 0.5) is 5.69 Å². The Kier molecular flexibility index (Phi) is 3.71. The number of carboxylic acids is 1. The molecule has 0 fully saturated rings. The Labute approximate surface area is 116 Å². The molecule has 0 bridgehead atoms. The third-order valence-corrected chi connectivity index (χ3v) is 3.26. The van der Waals surface area contributed by atoms with Crippen molar-refractivity contribution in [2.75, 3.05) is 0 Å². The molecule has 0 amide bonds. The van der Waals surface area contributed by atoms with Gasteiger partial charge in [-0.25, -0.2) is 4.79 Å². The fourth-order valence-corrected chi connectivity index (χ4v) is 1.81. The molecule has 0 spiro atoms. The summed E-state index contributed by atoms with van der Waals surface area (Å²) in [6.45, 7) is 2.00. The highest BCUT2D eigenvalue weighted by atomic mass is 35.5. The number of aryl methyl sites for hydroxylation is 1. The Hall–Kier alpha value is -2.07. The van der Waals surface area contributed by atoms with Gasteiger partial charge in [0, 0.05) is 12.7 Å². The van der Waals surface area contributed by atoms with Crippen LogP contribution in [-0.2, 0) is 7.05 Å². The van der Waals surface area contributed by atoms with Crippen molar-refractivity contribution >= 4 is 29.5 Å². The maximum absolute atomic E-state index is 10.9. The molecule has 1 N–H and O–H groups in total. The second kappa shape index (κ2) is 5.28. The molecule has 0 aliphatic rings. The van der Waals surface area contributed by atoms with Gasteiger partial charge < -0.3 is 9.67 Å². The first kappa shape index (κ1) is 13.4. The lowest BCUT2D eigenvalue weighted by molar-refractivity contribution is 0.0697. The molecule has 0 atom stereocenters. The smallest absolute Gasteiger partial charge is 0.335 e. The van der Waals surface area contributed by atoms with E-state index in [1.54, 1.807) is 6.21 Å². The van der Waals surface area contributed by atoms with Gasteiger partial charge >= 0.3 is 5.97 Å². The van der Waals surface area contributed by atoms with E-state index >= 15 is 0 Å². The second-order valence-electron chi connectivity index (χ2n) is 4.19. The van der Waals surface area contributed by atoms with Crippen LogP contribution in [0.25, 0.3) is 0 Å². The van der Waals surface area contributed by atoms with Crippen molar-refractivity contribution < 1.29 is 9.90 Å². The van der Waals surface area contributed by atoms with Crippen LogP contribution in [0.15, 0.2) is 35.3 Å². The van der Waals surface area contributed by atoms with Gasteiger partial charge in [-0.15, -0.1) is 0 Å². The molecule has 19 heavy (non-hydrogen) atoms. The van der Waals surface area contributed by atoms with E-state index in [0.717, 1.165) is 11.4 Å². The van der Waals surface area contributed by atoms with Crippen molar-refractivity contribution in [2.45, 2.75) is 6.92 Å². The number of hydrogen-bond acceptors (Lipinski definition) is 2. The number of carbonyl (C=O) groups is 1. The summed E-state index contributed by atoms with van der Waals surface area (Å²) in [6.07, 6.45) is 1.67. The second-order valence-corrected chi connectivity index (χ2v) is 4.60. The lowest BCUT2D eigenvalue weighted by Crippen LogP contribution is -1.97. The summed E-state index contributed by atoms with van der Waals surface area (Å²) in [4.78, 5) is 15.1. The van der Waals surface area contributed by atoms with Gasteiger partial charge in [-0.1, -0.05) is 11.6 Å². The third kappa shape index (κ3) is 2.85. The summed E-state index contributed by atoms with van der Waals surface area (Å²) in [5.41, 5.74) is 2.65. The van der Waals surface area contributed by atoms with E-state index in [1.807, 2.05) is 30.7 Å². The molecule has 2 rings (SSSR count). The maximum Gasteiger partial charge on any atom is 0.335 e. The van der Waals surface area contributed by atoms with Crippen molar-refractivity contribution in [1.29, 1.82) is 0 Å². The summed E-state index contributed by atoms with van der Waals surface area (Å²) < 4.78 is 1.98. The maximum atomic E-state index is 10.9. The fourth-order valence-electron chi connectivity index (χ4n) is 1.64. The molecule has 4 nitrogen and oxygen atoms in total. The average molecular weight is 277 g/mol. The first-order chi connectivity index (χ1) is 8.99. The van der Waals surface area contributed by atoms with Gasteiger partial charge in [0.2, 0.25) is 0 Å². The van der Waals surface area contributed by atoms with E-state index in [0.29, 0.717) is 10.7 Å². The SMILES string of the molecule is Cc1ccc(C=Nc2cc(C(=O)O)ccc2Cl)n1C. The number of aromatic carboxylic acids is 1. The minimum absolute atomic E-state index is 0.166. The van der Waals surface area contributed by atoms with Crippen LogP contribution >= 0.6 is 11.6 Å². The number of rotatable bonds is 3. The quantitative estimate of drug-likeness (QED) is 0.873. The highest BCUT2D eigenvalue weighted by Gasteiger charge is 2.06. The Morgan fingerprint density at radius 2 is 2.11 bits per heavy atom. The summed E-state index contributed by atoms with van der Waals surface area (Å²) in [5.74, 6) is -0.997. The molecule has 0 saturated carbocycles. The van der Waals surface area contributed by atoms with Crippen LogP contribution in [0.2, 0.25) is 5.02 Å². The first-order valence-electron chi connectivity index (χ1n) is 5.68. The van der Waals surface area contributed by atoms with Crippen LogP contribution < -0.4 is 0 Å². The van der Waals surface area contributed by atoms with Gasteiger partial charge in [0.15, 0.2) is 0 Å². The molecular weight excluding hydrogens is 264 g/mol. The lowest BCUT2D eigenvalue weighted by Gasteiger charge is -2.02. The molecule has 0 aliphatic heterocycles. The number of halogens is 1. The van der Waals surface area contributed by atoms with Crippen LogP contribution in [0.3, 0.4) is 0 Å². The predicted molar refractivity (Wildman–Crippen MR) is 75.8 cm³/mol. The molecule has 0 saturated heterocycles. The first-order valence-corrected chi connectivity index (χ1v) is 6.06. The number of hydrogen-bond donors (Lipinski definition) is 1. The molecule has 1 aromatic carbocycles. The van der Waals surface area contributed by atoms with Gasteiger partial charge in [-0.3, -0.25) is 4.99 Å². The van der Waals surface area contributed by atoms with Gasteiger partial charge in [-0.2, -0.15) is 0 Å². The summed E-state index contributed by atoms with van der Waals surface area (Å²) >= 11 is 6.00. The van der Waals surface area contributed by atoms with Crippen molar-refractivity contribution in [1.82, 2.24) is 4.57 Å². The van der Waals surface area contributed by atoms with Crippen LogP contribution in [0.1, 0.15) is 21.7 Å².